The molecule has 0 aliphatic heterocycles. The van der Waals surface area contributed by atoms with Crippen molar-refractivity contribution in [2.75, 3.05) is 18.5 Å². The van der Waals surface area contributed by atoms with Gasteiger partial charge in [0, 0.05) is 17.8 Å². The Labute approximate surface area is 187 Å². The fourth-order valence-corrected chi connectivity index (χ4v) is 2.99. The van der Waals surface area contributed by atoms with Crippen molar-refractivity contribution in [2.45, 2.75) is 39.8 Å². The maximum atomic E-state index is 12.0. The molecule has 31 heavy (non-hydrogen) atoms. The van der Waals surface area contributed by atoms with E-state index in [9.17, 15) is 9.59 Å². The number of hydrogen-bond acceptors (Lipinski definition) is 5. The quantitative estimate of drug-likeness (QED) is 0.421. The zero-order valence-corrected chi connectivity index (χ0v) is 18.9. The van der Waals surface area contributed by atoms with E-state index in [1.807, 2.05) is 58.0 Å². The van der Waals surface area contributed by atoms with Crippen LogP contribution in [-0.2, 0) is 11.3 Å². The number of benzene rings is 2. The van der Waals surface area contributed by atoms with Crippen LogP contribution in [0.25, 0.3) is 11.0 Å². The third-order valence-corrected chi connectivity index (χ3v) is 4.19. The molecule has 1 aromatic heterocycles. The van der Waals surface area contributed by atoms with E-state index < -0.39 is 0 Å². The molecule has 0 saturated carbocycles. The summed E-state index contributed by atoms with van der Waals surface area (Å²) < 4.78 is 11.4. The highest BCUT2D eigenvalue weighted by Crippen LogP contribution is 2.29. The second-order valence-corrected chi connectivity index (χ2v) is 7.99. The topological polar surface area (TPSA) is 108 Å². The third kappa shape index (κ3) is 6.96. The van der Waals surface area contributed by atoms with Crippen molar-refractivity contribution in [3.05, 3.63) is 52.4 Å². The first kappa shape index (κ1) is 24.1. The summed E-state index contributed by atoms with van der Waals surface area (Å²) in [5.74, 6) is 0.927. The number of aromatic amines is 2. The Balaban J connectivity index is 0.00000341. The number of hydrogen-bond donors (Lipinski definition) is 4. The Morgan fingerprint density at radius 1 is 1.00 bits per heavy atom. The van der Waals surface area contributed by atoms with Crippen LogP contribution in [0.15, 0.2) is 41.2 Å². The Morgan fingerprint density at radius 3 is 2.45 bits per heavy atom. The fourth-order valence-electron chi connectivity index (χ4n) is 2.99. The van der Waals surface area contributed by atoms with Gasteiger partial charge >= 0.3 is 5.69 Å². The van der Waals surface area contributed by atoms with Crippen LogP contribution in [0.3, 0.4) is 0 Å². The second kappa shape index (κ2) is 10.3. The molecule has 0 bridgehead atoms. The van der Waals surface area contributed by atoms with Crippen molar-refractivity contribution in [3.63, 3.8) is 0 Å². The minimum absolute atomic E-state index is 0. The largest absolute Gasteiger partial charge is 0.490 e. The average Bonchev–Trinajstić information content (AvgIpc) is 3.03. The standard InChI is InChI=1S/C22H28N4O4.ClH/c1-5-29-19-10-14(6-9-18(19)30-13-20(27)26-22(2,3)4)12-23-15-7-8-16-17(11-15)25-21(28)24-16;/h6-11,23H,5,12-13H2,1-4H3,(H,26,27)(H2,24,25,28);1H. The molecule has 8 nitrogen and oxygen atoms in total. The van der Waals surface area contributed by atoms with Gasteiger partial charge in [-0.1, -0.05) is 6.07 Å². The number of amides is 1. The molecule has 0 aliphatic carbocycles. The molecule has 1 amide bonds. The lowest BCUT2D eigenvalue weighted by molar-refractivity contribution is -0.124. The van der Waals surface area contributed by atoms with Crippen molar-refractivity contribution < 1.29 is 14.3 Å². The molecule has 1 heterocycles. The van der Waals surface area contributed by atoms with Crippen LogP contribution in [0.2, 0.25) is 0 Å². The highest BCUT2D eigenvalue weighted by Gasteiger charge is 2.15. The number of aromatic nitrogens is 2. The molecule has 9 heteroatoms. The Hall–Kier alpha value is -3.13. The number of carbonyl (C=O) groups is 1. The zero-order valence-electron chi connectivity index (χ0n) is 18.1. The number of anilines is 1. The van der Waals surface area contributed by atoms with Gasteiger partial charge in [0.25, 0.3) is 5.91 Å². The molecular weight excluding hydrogens is 420 g/mol. The van der Waals surface area contributed by atoms with Gasteiger partial charge in [-0.2, -0.15) is 0 Å². The number of imidazole rings is 1. The number of fused-ring (bicyclic) bond motifs is 1. The van der Waals surface area contributed by atoms with Crippen molar-refractivity contribution >= 4 is 35.0 Å². The lowest BCUT2D eigenvalue weighted by atomic mass is 10.1. The van der Waals surface area contributed by atoms with E-state index in [2.05, 4.69) is 20.6 Å². The molecule has 0 fully saturated rings. The Morgan fingerprint density at radius 2 is 1.74 bits per heavy atom. The predicted molar refractivity (Wildman–Crippen MR) is 124 cm³/mol. The number of H-pyrrole nitrogens is 2. The lowest BCUT2D eigenvalue weighted by Gasteiger charge is -2.21. The van der Waals surface area contributed by atoms with Gasteiger partial charge < -0.3 is 30.1 Å². The summed E-state index contributed by atoms with van der Waals surface area (Å²) in [7, 11) is 0. The van der Waals surface area contributed by atoms with Gasteiger partial charge in [-0.25, -0.2) is 4.79 Å². The molecule has 0 radical (unpaired) electrons. The van der Waals surface area contributed by atoms with Gasteiger partial charge in [0.1, 0.15) is 0 Å². The second-order valence-electron chi connectivity index (χ2n) is 7.99. The van der Waals surface area contributed by atoms with Gasteiger partial charge in [0.15, 0.2) is 18.1 Å². The molecule has 0 unspecified atom stereocenters. The first-order chi connectivity index (χ1) is 14.2. The van der Waals surface area contributed by atoms with Crippen LogP contribution in [-0.4, -0.2) is 34.6 Å². The SMILES string of the molecule is CCOc1cc(CNc2ccc3[nH]c(=O)[nH]c3c2)ccc1OCC(=O)NC(C)(C)C.Cl. The molecule has 0 atom stereocenters. The van der Waals surface area contributed by atoms with Crippen molar-refractivity contribution in [1.29, 1.82) is 0 Å². The Bertz CT molecular complexity index is 1090. The highest BCUT2D eigenvalue weighted by molar-refractivity contribution is 5.85. The van der Waals surface area contributed by atoms with Gasteiger partial charge in [-0.3, -0.25) is 4.79 Å². The van der Waals surface area contributed by atoms with Crippen LogP contribution in [0.1, 0.15) is 33.3 Å². The third-order valence-electron chi connectivity index (χ3n) is 4.19. The number of halogens is 1. The van der Waals surface area contributed by atoms with Crippen molar-refractivity contribution in [3.8, 4) is 11.5 Å². The number of nitrogens with one attached hydrogen (secondary N) is 4. The van der Waals surface area contributed by atoms with E-state index in [4.69, 9.17) is 9.47 Å². The molecule has 0 spiro atoms. The van der Waals surface area contributed by atoms with Crippen molar-refractivity contribution in [2.24, 2.45) is 0 Å². The molecule has 4 N–H and O–H groups in total. The lowest BCUT2D eigenvalue weighted by Crippen LogP contribution is -2.43. The summed E-state index contributed by atoms with van der Waals surface area (Å²) in [5, 5.41) is 6.20. The smallest absolute Gasteiger partial charge is 0.323 e. The van der Waals surface area contributed by atoms with Crippen molar-refractivity contribution in [1.82, 2.24) is 15.3 Å². The minimum Gasteiger partial charge on any atom is -0.490 e. The van der Waals surface area contributed by atoms with E-state index >= 15 is 0 Å². The summed E-state index contributed by atoms with van der Waals surface area (Å²) in [5.41, 5.74) is 2.85. The van der Waals surface area contributed by atoms with Crippen LogP contribution in [0, 0.1) is 0 Å². The zero-order chi connectivity index (χ0) is 21.7. The summed E-state index contributed by atoms with van der Waals surface area (Å²) in [6, 6.07) is 11.2. The van der Waals surface area contributed by atoms with Crippen LogP contribution < -0.4 is 25.8 Å². The summed E-state index contributed by atoms with van der Waals surface area (Å²) in [6.07, 6.45) is 0. The average molecular weight is 449 g/mol. The monoisotopic (exact) mass is 448 g/mol. The predicted octanol–water partition coefficient (Wildman–Crippen LogP) is 3.58. The van der Waals surface area contributed by atoms with E-state index in [1.165, 1.54) is 0 Å². The number of ether oxygens (including phenoxy) is 2. The van der Waals surface area contributed by atoms with E-state index in [1.54, 1.807) is 6.07 Å². The first-order valence-corrected chi connectivity index (χ1v) is 9.89. The maximum absolute atomic E-state index is 12.0. The van der Waals surface area contributed by atoms with Crippen LogP contribution in [0.5, 0.6) is 11.5 Å². The number of carbonyl (C=O) groups excluding carboxylic acids is 1. The molecule has 0 aliphatic rings. The molecular formula is C22H29ClN4O4. The van der Waals surface area contributed by atoms with Crippen LogP contribution in [0.4, 0.5) is 5.69 Å². The minimum atomic E-state index is -0.310. The number of rotatable bonds is 8. The summed E-state index contributed by atoms with van der Waals surface area (Å²) in [4.78, 5) is 28.9. The van der Waals surface area contributed by atoms with Gasteiger partial charge in [-0.05, 0) is 63.6 Å². The first-order valence-electron chi connectivity index (χ1n) is 9.89. The van der Waals surface area contributed by atoms with Gasteiger partial charge in [0.2, 0.25) is 0 Å². The van der Waals surface area contributed by atoms with E-state index in [0.717, 1.165) is 22.3 Å². The highest BCUT2D eigenvalue weighted by atomic mass is 35.5. The molecule has 2 aromatic carbocycles. The molecule has 168 valence electrons. The van der Waals surface area contributed by atoms with Crippen LogP contribution >= 0.6 is 12.4 Å². The fraction of sp³-hybridized carbons (Fsp3) is 0.364. The van der Waals surface area contributed by atoms with E-state index in [0.29, 0.717) is 24.7 Å². The summed E-state index contributed by atoms with van der Waals surface area (Å²) >= 11 is 0. The van der Waals surface area contributed by atoms with Gasteiger partial charge in [0.05, 0.1) is 17.6 Å². The molecule has 0 saturated heterocycles. The summed E-state index contributed by atoms with van der Waals surface area (Å²) in [6.45, 7) is 8.62. The van der Waals surface area contributed by atoms with E-state index in [-0.39, 0.29) is 36.1 Å². The van der Waals surface area contributed by atoms with Gasteiger partial charge in [-0.15, -0.1) is 12.4 Å². The molecule has 3 rings (SSSR count). The Kier molecular flexibility index (Phi) is 7.99. The maximum Gasteiger partial charge on any atom is 0.323 e. The normalized spacial score (nSPS) is 11.0. The molecule has 3 aromatic rings.